The Balaban J connectivity index is 1.79. The first kappa shape index (κ1) is 22.3. The van der Waals surface area contributed by atoms with Gasteiger partial charge in [0.25, 0.3) is 11.8 Å². The maximum atomic E-state index is 13.6. The minimum atomic E-state index is -0.469. The SMILES string of the molecule is CC(=O)Nc1ccc(NC2=C(c3ccc(C)cc3C)C(=O)N(c3cccc(Cl)c3)C2=O)cc1. The standard InChI is InChI=1S/C26H22ClN3O3/c1-15-7-12-22(16(2)13-15)23-24(29-20-10-8-19(9-11-20)28-17(3)31)26(33)30(25(23)32)21-6-4-5-18(27)14-21/h4-14,29H,1-3H3,(H,28,31). The number of amides is 3. The zero-order chi connectivity index (χ0) is 23.7. The molecule has 33 heavy (non-hydrogen) atoms. The second kappa shape index (κ2) is 8.92. The molecule has 166 valence electrons. The Morgan fingerprint density at radius 3 is 2.21 bits per heavy atom. The summed E-state index contributed by atoms with van der Waals surface area (Å²) in [4.78, 5) is 39.5. The van der Waals surface area contributed by atoms with Gasteiger partial charge in [-0.3, -0.25) is 14.4 Å². The van der Waals surface area contributed by atoms with Crippen LogP contribution < -0.4 is 15.5 Å². The molecule has 3 amide bonds. The number of carbonyl (C=O) groups excluding carboxylic acids is 3. The second-order valence-corrected chi connectivity index (χ2v) is 8.31. The summed E-state index contributed by atoms with van der Waals surface area (Å²) in [6.45, 7) is 5.32. The third-order valence-corrected chi connectivity index (χ3v) is 5.51. The van der Waals surface area contributed by atoms with Crippen LogP contribution in [-0.4, -0.2) is 17.7 Å². The molecule has 7 heteroatoms. The van der Waals surface area contributed by atoms with E-state index in [9.17, 15) is 14.4 Å². The van der Waals surface area contributed by atoms with Gasteiger partial charge in [-0.25, -0.2) is 4.90 Å². The monoisotopic (exact) mass is 459 g/mol. The van der Waals surface area contributed by atoms with Gasteiger partial charge in [-0.05, 0) is 67.4 Å². The van der Waals surface area contributed by atoms with E-state index in [0.29, 0.717) is 33.2 Å². The van der Waals surface area contributed by atoms with E-state index in [1.54, 1.807) is 48.5 Å². The zero-order valence-electron chi connectivity index (χ0n) is 18.4. The van der Waals surface area contributed by atoms with Crippen molar-refractivity contribution in [2.45, 2.75) is 20.8 Å². The molecule has 0 bridgehead atoms. The van der Waals surface area contributed by atoms with E-state index in [-0.39, 0.29) is 11.6 Å². The van der Waals surface area contributed by atoms with Crippen molar-refractivity contribution < 1.29 is 14.4 Å². The summed E-state index contributed by atoms with van der Waals surface area (Å²) >= 11 is 6.12. The molecule has 3 aromatic carbocycles. The number of imide groups is 1. The molecule has 0 aliphatic carbocycles. The number of nitrogens with zero attached hydrogens (tertiary/aromatic N) is 1. The lowest BCUT2D eigenvalue weighted by atomic mass is 9.97. The summed E-state index contributed by atoms with van der Waals surface area (Å²) in [7, 11) is 0. The molecule has 6 nitrogen and oxygen atoms in total. The lowest BCUT2D eigenvalue weighted by molar-refractivity contribution is -0.120. The third-order valence-electron chi connectivity index (χ3n) is 5.28. The first-order valence-electron chi connectivity index (χ1n) is 10.4. The van der Waals surface area contributed by atoms with Crippen molar-refractivity contribution in [1.29, 1.82) is 0 Å². The topological polar surface area (TPSA) is 78.5 Å². The van der Waals surface area contributed by atoms with Gasteiger partial charge in [0.2, 0.25) is 5.91 Å². The van der Waals surface area contributed by atoms with Crippen LogP contribution in [0.25, 0.3) is 5.57 Å². The number of hydrogen-bond donors (Lipinski definition) is 2. The van der Waals surface area contributed by atoms with Crippen LogP contribution in [0.5, 0.6) is 0 Å². The average molecular weight is 460 g/mol. The van der Waals surface area contributed by atoms with E-state index in [1.165, 1.54) is 6.92 Å². The van der Waals surface area contributed by atoms with Crippen molar-refractivity contribution in [2.24, 2.45) is 0 Å². The van der Waals surface area contributed by atoms with Crippen molar-refractivity contribution in [2.75, 3.05) is 15.5 Å². The molecule has 0 aromatic heterocycles. The van der Waals surface area contributed by atoms with Crippen LogP contribution in [0.4, 0.5) is 17.1 Å². The van der Waals surface area contributed by atoms with Crippen LogP contribution in [0.15, 0.2) is 72.4 Å². The smallest absolute Gasteiger partial charge is 0.282 e. The summed E-state index contributed by atoms with van der Waals surface area (Å²) in [5.74, 6) is -1.07. The van der Waals surface area contributed by atoms with Gasteiger partial charge in [0.15, 0.2) is 0 Å². The number of hydrogen-bond acceptors (Lipinski definition) is 4. The van der Waals surface area contributed by atoms with Gasteiger partial charge in [-0.1, -0.05) is 41.4 Å². The van der Waals surface area contributed by atoms with Crippen LogP contribution in [0.3, 0.4) is 0 Å². The summed E-state index contributed by atoms with van der Waals surface area (Å²) in [6.07, 6.45) is 0. The van der Waals surface area contributed by atoms with Gasteiger partial charge in [-0.15, -0.1) is 0 Å². The molecule has 2 N–H and O–H groups in total. The molecular formula is C26H22ClN3O3. The van der Waals surface area contributed by atoms with Gasteiger partial charge in [0.05, 0.1) is 11.3 Å². The second-order valence-electron chi connectivity index (χ2n) is 7.88. The highest BCUT2D eigenvalue weighted by atomic mass is 35.5. The molecule has 1 heterocycles. The van der Waals surface area contributed by atoms with Crippen LogP contribution in [0.2, 0.25) is 5.02 Å². The fourth-order valence-electron chi connectivity index (χ4n) is 3.82. The highest BCUT2D eigenvalue weighted by molar-refractivity contribution is 6.46. The summed E-state index contributed by atoms with van der Waals surface area (Å²) in [6, 6.07) is 19.3. The van der Waals surface area contributed by atoms with Crippen LogP contribution in [0.1, 0.15) is 23.6 Å². The molecular weight excluding hydrogens is 438 g/mol. The van der Waals surface area contributed by atoms with Gasteiger partial charge in [0, 0.05) is 23.3 Å². The Morgan fingerprint density at radius 2 is 1.58 bits per heavy atom. The molecule has 0 fully saturated rings. The van der Waals surface area contributed by atoms with Crippen molar-refractivity contribution in [3.63, 3.8) is 0 Å². The predicted octanol–water partition coefficient (Wildman–Crippen LogP) is 5.31. The molecule has 3 aromatic rings. The number of nitrogens with one attached hydrogen (secondary N) is 2. The molecule has 0 radical (unpaired) electrons. The van der Waals surface area contributed by atoms with E-state index >= 15 is 0 Å². The lowest BCUT2D eigenvalue weighted by Gasteiger charge is -2.16. The normalized spacial score (nSPS) is 13.5. The van der Waals surface area contributed by atoms with Crippen LogP contribution in [-0.2, 0) is 14.4 Å². The summed E-state index contributed by atoms with van der Waals surface area (Å²) < 4.78 is 0. The van der Waals surface area contributed by atoms with Gasteiger partial charge in [0.1, 0.15) is 5.70 Å². The molecule has 0 saturated carbocycles. The van der Waals surface area contributed by atoms with Crippen LogP contribution in [0, 0.1) is 13.8 Å². The molecule has 0 spiro atoms. The van der Waals surface area contributed by atoms with Crippen LogP contribution >= 0.6 is 11.6 Å². The first-order chi connectivity index (χ1) is 15.7. The van der Waals surface area contributed by atoms with Crippen molar-refractivity contribution in [3.8, 4) is 0 Å². The maximum absolute atomic E-state index is 13.6. The summed E-state index contributed by atoms with van der Waals surface area (Å²) in [5, 5.41) is 6.26. The largest absolute Gasteiger partial charge is 0.350 e. The molecule has 0 atom stereocenters. The highest BCUT2D eigenvalue weighted by Gasteiger charge is 2.40. The quantitative estimate of drug-likeness (QED) is 0.507. The number of benzene rings is 3. The number of halogens is 1. The molecule has 1 aliphatic rings. The van der Waals surface area contributed by atoms with E-state index in [2.05, 4.69) is 10.6 Å². The predicted molar refractivity (Wildman–Crippen MR) is 131 cm³/mol. The molecule has 0 saturated heterocycles. The van der Waals surface area contributed by atoms with E-state index in [1.807, 2.05) is 32.0 Å². The number of anilines is 3. The number of rotatable bonds is 5. The molecule has 4 rings (SSSR count). The Morgan fingerprint density at radius 1 is 0.879 bits per heavy atom. The lowest BCUT2D eigenvalue weighted by Crippen LogP contribution is -2.32. The van der Waals surface area contributed by atoms with E-state index in [0.717, 1.165) is 16.0 Å². The zero-order valence-corrected chi connectivity index (χ0v) is 19.2. The minimum Gasteiger partial charge on any atom is -0.350 e. The Labute approximate surface area is 196 Å². The average Bonchev–Trinajstić information content (AvgIpc) is 2.99. The minimum absolute atomic E-state index is 0.177. The Hall–Kier alpha value is -3.90. The fraction of sp³-hybridized carbons (Fsp3) is 0.115. The van der Waals surface area contributed by atoms with E-state index in [4.69, 9.17) is 11.6 Å². The van der Waals surface area contributed by atoms with Gasteiger partial charge >= 0.3 is 0 Å². The van der Waals surface area contributed by atoms with Gasteiger partial charge < -0.3 is 10.6 Å². The molecule has 0 unspecified atom stereocenters. The third kappa shape index (κ3) is 4.52. The van der Waals surface area contributed by atoms with Crippen molar-refractivity contribution in [3.05, 3.63) is 94.1 Å². The maximum Gasteiger partial charge on any atom is 0.282 e. The Kier molecular flexibility index (Phi) is 6.03. The first-order valence-corrected chi connectivity index (χ1v) is 10.7. The van der Waals surface area contributed by atoms with Gasteiger partial charge in [-0.2, -0.15) is 0 Å². The number of aryl methyl sites for hydroxylation is 2. The van der Waals surface area contributed by atoms with Crippen molar-refractivity contribution >= 4 is 52.0 Å². The molecule has 1 aliphatic heterocycles. The summed E-state index contributed by atoms with van der Waals surface area (Å²) in [5.41, 5.74) is 4.74. The fourth-order valence-corrected chi connectivity index (χ4v) is 4.01. The Bertz CT molecular complexity index is 1310. The highest BCUT2D eigenvalue weighted by Crippen LogP contribution is 2.36. The number of carbonyl (C=O) groups is 3. The van der Waals surface area contributed by atoms with Crippen molar-refractivity contribution in [1.82, 2.24) is 0 Å². The van der Waals surface area contributed by atoms with E-state index < -0.39 is 11.8 Å².